The standard InChI is InChI=1S/C17H17ClIN3O/c18-12-3-1-2-11-6-7-17(23-16(11)12)8-9-20-14(10-17)13-4-5-15(19)22-21-13/h1-5,14,20H,6-10H2/t14-,17?/m1/s1. The fraction of sp³-hybridized carbons (Fsp3) is 0.412. The van der Waals surface area contributed by atoms with Gasteiger partial charge in [-0.1, -0.05) is 23.7 Å². The molecule has 4 rings (SSSR count). The Hall–Kier alpha value is -0.920. The van der Waals surface area contributed by atoms with Gasteiger partial charge in [0, 0.05) is 6.42 Å². The predicted molar refractivity (Wildman–Crippen MR) is 97.9 cm³/mol. The number of halogens is 2. The van der Waals surface area contributed by atoms with Gasteiger partial charge in [0.05, 0.1) is 16.8 Å². The monoisotopic (exact) mass is 441 g/mol. The Labute approximate surface area is 154 Å². The summed E-state index contributed by atoms with van der Waals surface area (Å²) in [5, 5.41) is 12.8. The first-order valence-corrected chi connectivity index (χ1v) is 9.30. The van der Waals surface area contributed by atoms with Crippen LogP contribution in [-0.4, -0.2) is 22.3 Å². The van der Waals surface area contributed by atoms with Gasteiger partial charge in [0.2, 0.25) is 0 Å². The molecule has 1 unspecified atom stereocenters. The summed E-state index contributed by atoms with van der Waals surface area (Å²) in [6.45, 7) is 0.915. The first kappa shape index (κ1) is 15.6. The molecular formula is C17H17ClIN3O. The van der Waals surface area contributed by atoms with Gasteiger partial charge in [0.1, 0.15) is 15.1 Å². The van der Waals surface area contributed by atoms with E-state index in [4.69, 9.17) is 16.3 Å². The number of aromatic nitrogens is 2. The molecule has 23 heavy (non-hydrogen) atoms. The number of hydrogen-bond acceptors (Lipinski definition) is 4. The van der Waals surface area contributed by atoms with Gasteiger partial charge in [0.25, 0.3) is 0 Å². The lowest BCUT2D eigenvalue weighted by Gasteiger charge is -2.44. The number of nitrogens with one attached hydrogen (secondary N) is 1. The van der Waals surface area contributed by atoms with E-state index in [1.165, 1.54) is 5.56 Å². The summed E-state index contributed by atoms with van der Waals surface area (Å²) in [4.78, 5) is 0. The lowest BCUT2D eigenvalue weighted by molar-refractivity contribution is 0.00161. The third-order valence-corrected chi connectivity index (χ3v) is 5.65. The lowest BCUT2D eigenvalue weighted by atomic mass is 9.80. The zero-order valence-corrected chi connectivity index (χ0v) is 15.5. The zero-order valence-electron chi connectivity index (χ0n) is 12.6. The number of nitrogens with zero attached hydrogens (tertiary/aromatic N) is 2. The van der Waals surface area contributed by atoms with Crippen molar-refractivity contribution in [1.29, 1.82) is 0 Å². The Morgan fingerprint density at radius 1 is 1.22 bits per heavy atom. The third kappa shape index (κ3) is 3.06. The highest BCUT2D eigenvalue weighted by molar-refractivity contribution is 14.1. The van der Waals surface area contributed by atoms with E-state index in [0.717, 1.165) is 47.4 Å². The maximum Gasteiger partial charge on any atom is 0.141 e. The van der Waals surface area contributed by atoms with E-state index in [2.05, 4.69) is 50.2 Å². The van der Waals surface area contributed by atoms with Crippen molar-refractivity contribution in [2.24, 2.45) is 0 Å². The minimum Gasteiger partial charge on any atom is -0.485 e. The Balaban J connectivity index is 1.60. The summed E-state index contributed by atoms with van der Waals surface area (Å²) in [5.74, 6) is 0.870. The Bertz CT molecular complexity index is 724. The van der Waals surface area contributed by atoms with Crippen molar-refractivity contribution in [2.45, 2.75) is 37.3 Å². The molecule has 1 aromatic heterocycles. The van der Waals surface area contributed by atoms with Crippen LogP contribution in [0.5, 0.6) is 5.75 Å². The van der Waals surface area contributed by atoms with E-state index in [1.54, 1.807) is 0 Å². The van der Waals surface area contributed by atoms with E-state index in [-0.39, 0.29) is 11.6 Å². The molecule has 6 heteroatoms. The second kappa shape index (κ2) is 6.18. The first-order chi connectivity index (χ1) is 11.2. The molecule has 0 radical (unpaired) electrons. The molecule has 2 aromatic rings. The van der Waals surface area contributed by atoms with Gasteiger partial charge in [-0.05, 0) is 72.2 Å². The molecule has 2 aliphatic heterocycles. The van der Waals surface area contributed by atoms with Crippen LogP contribution in [0.2, 0.25) is 5.02 Å². The molecular weight excluding hydrogens is 425 g/mol. The molecule has 1 fully saturated rings. The smallest absolute Gasteiger partial charge is 0.141 e. The highest BCUT2D eigenvalue weighted by Gasteiger charge is 2.42. The molecule has 0 amide bonds. The second-order valence-electron chi connectivity index (χ2n) is 6.25. The summed E-state index contributed by atoms with van der Waals surface area (Å²) in [6.07, 6.45) is 3.93. The van der Waals surface area contributed by atoms with Gasteiger partial charge in [-0.2, -0.15) is 5.10 Å². The first-order valence-electron chi connectivity index (χ1n) is 7.84. The van der Waals surface area contributed by atoms with Crippen LogP contribution in [-0.2, 0) is 6.42 Å². The summed E-state index contributed by atoms with van der Waals surface area (Å²) in [7, 11) is 0. The highest BCUT2D eigenvalue weighted by Crippen LogP contribution is 2.44. The number of ether oxygens (including phenoxy) is 1. The van der Waals surface area contributed by atoms with Crippen LogP contribution < -0.4 is 10.1 Å². The number of rotatable bonds is 1. The van der Waals surface area contributed by atoms with Crippen molar-refractivity contribution in [1.82, 2.24) is 15.5 Å². The van der Waals surface area contributed by atoms with Crippen molar-refractivity contribution < 1.29 is 4.74 Å². The fourth-order valence-corrected chi connectivity index (χ4v) is 4.08. The van der Waals surface area contributed by atoms with Crippen LogP contribution in [0.1, 0.15) is 36.6 Å². The van der Waals surface area contributed by atoms with Gasteiger partial charge in [-0.25, -0.2) is 0 Å². The third-order valence-electron chi connectivity index (χ3n) is 4.77. The lowest BCUT2D eigenvalue weighted by Crippen LogP contribution is -2.49. The zero-order chi connectivity index (χ0) is 15.9. The van der Waals surface area contributed by atoms with Crippen molar-refractivity contribution in [3.8, 4) is 5.75 Å². The van der Waals surface area contributed by atoms with Crippen LogP contribution in [0.3, 0.4) is 0 Å². The maximum absolute atomic E-state index is 6.45. The highest BCUT2D eigenvalue weighted by atomic mass is 127. The second-order valence-corrected chi connectivity index (χ2v) is 7.77. The summed E-state index contributed by atoms with van der Waals surface area (Å²) >= 11 is 8.53. The molecule has 1 aromatic carbocycles. The number of para-hydroxylation sites is 1. The van der Waals surface area contributed by atoms with Crippen LogP contribution in [0.15, 0.2) is 30.3 Å². The molecule has 0 saturated carbocycles. The molecule has 120 valence electrons. The van der Waals surface area contributed by atoms with Gasteiger partial charge in [-0.3, -0.25) is 0 Å². The summed E-state index contributed by atoms with van der Waals surface area (Å²) in [6, 6.07) is 10.2. The SMILES string of the molecule is Clc1cccc2c1OC1(CCN[C@@H](c3ccc(I)nn3)C1)CC2. The summed E-state index contributed by atoms with van der Waals surface area (Å²) < 4.78 is 7.35. The molecule has 2 aliphatic rings. The van der Waals surface area contributed by atoms with E-state index in [0.29, 0.717) is 5.02 Å². The minimum absolute atomic E-state index is 0.154. The molecule has 1 saturated heterocycles. The Morgan fingerprint density at radius 3 is 2.96 bits per heavy atom. The largest absolute Gasteiger partial charge is 0.485 e. The number of hydrogen-bond donors (Lipinski definition) is 1. The van der Waals surface area contributed by atoms with Crippen molar-refractivity contribution in [2.75, 3.05) is 6.54 Å². The minimum atomic E-state index is -0.154. The number of piperidine rings is 1. The van der Waals surface area contributed by atoms with Gasteiger partial charge >= 0.3 is 0 Å². The van der Waals surface area contributed by atoms with E-state index in [9.17, 15) is 0 Å². The molecule has 0 bridgehead atoms. The van der Waals surface area contributed by atoms with Crippen molar-refractivity contribution in [3.05, 3.63) is 50.3 Å². The Kier molecular flexibility index (Phi) is 4.19. The van der Waals surface area contributed by atoms with Gasteiger partial charge in [0.15, 0.2) is 0 Å². The molecule has 1 N–H and O–H groups in total. The molecule has 0 aliphatic carbocycles. The molecule has 3 heterocycles. The maximum atomic E-state index is 6.45. The molecule has 4 nitrogen and oxygen atoms in total. The van der Waals surface area contributed by atoms with Crippen LogP contribution in [0, 0.1) is 3.70 Å². The predicted octanol–water partition coefficient (Wildman–Crippen LogP) is 3.92. The molecule has 1 spiro atoms. The topological polar surface area (TPSA) is 47.0 Å². The van der Waals surface area contributed by atoms with Gasteiger partial charge in [-0.15, -0.1) is 5.10 Å². The normalized spacial score (nSPS) is 26.6. The van der Waals surface area contributed by atoms with Crippen LogP contribution >= 0.6 is 34.2 Å². The van der Waals surface area contributed by atoms with Crippen molar-refractivity contribution >= 4 is 34.2 Å². The average molecular weight is 442 g/mol. The fourth-order valence-electron chi connectivity index (χ4n) is 3.56. The average Bonchev–Trinajstić information content (AvgIpc) is 2.57. The van der Waals surface area contributed by atoms with Crippen LogP contribution in [0.4, 0.5) is 0 Å². The van der Waals surface area contributed by atoms with E-state index in [1.807, 2.05) is 18.2 Å². The summed E-state index contributed by atoms with van der Waals surface area (Å²) in [5.41, 5.74) is 2.05. The van der Waals surface area contributed by atoms with Gasteiger partial charge < -0.3 is 10.1 Å². The number of aryl methyl sites for hydroxylation is 1. The van der Waals surface area contributed by atoms with E-state index >= 15 is 0 Å². The van der Waals surface area contributed by atoms with Crippen molar-refractivity contribution in [3.63, 3.8) is 0 Å². The van der Waals surface area contributed by atoms with E-state index < -0.39 is 0 Å². The number of benzene rings is 1. The molecule has 2 atom stereocenters. The quantitative estimate of drug-likeness (QED) is 0.682. The Morgan fingerprint density at radius 2 is 2.13 bits per heavy atom. The van der Waals surface area contributed by atoms with Crippen LogP contribution in [0.25, 0.3) is 0 Å². The number of fused-ring (bicyclic) bond motifs is 1.